The second-order valence-electron chi connectivity index (χ2n) is 6.04. The van der Waals surface area contributed by atoms with Crippen LogP contribution in [0.4, 0.5) is 10.1 Å². The van der Waals surface area contributed by atoms with Crippen LogP contribution in [0.3, 0.4) is 0 Å². The van der Waals surface area contributed by atoms with E-state index in [1.165, 1.54) is 12.5 Å². The first kappa shape index (κ1) is 17.0. The zero-order valence-electron chi connectivity index (χ0n) is 13.7. The molecule has 6 nitrogen and oxygen atoms in total. The molecule has 3 rings (SSSR count). The number of nitro groups is 1. The lowest BCUT2D eigenvalue weighted by molar-refractivity contribution is -0.385. The van der Waals surface area contributed by atoms with Crippen LogP contribution in [-0.2, 0) is 6.42 Å². The van der Waals surface area contributed by atoms with Crippen LogP contribution >= 0.6 is 0 Å². The van der Waals surface area contributed by atoms with Crippen molar-refractivity contribution in [3.05, 3.63) is 74.6 Å². The van der Waals surface area contributed by atoms with Crippen LogP contribution in [0, 0.1) is 22.9 Å². The number of hydrogen-bond donors (Lipinski definition) is 2. The van der Waals surface area contributed by atoms with Crippen molar-refractivity contribution < 1.29 is 14.1 Å². The predicted octanol–water partition coefficient (Wildman–Crippen LogP) is 2.66. The topological polar surface area (TPSA) is 84.3 Å². The lowest BCUT2D eigenvalue weighted by atomic mass is 9.94. The molecule has 2 aromatic carbocycles. The molecule has 0 radical (unpaired) electrons. The molecule has 0 fully saturated rings. The fourth-order valence-electron chi connectivity index (χ4n) is 3.22. The molecule has 0 bridgehead atoms. The quantitative estimate of drug-likeness (QED) is 0.660. The molecule has 1 aliphatic rings. The summed E-state index contributed by atoms with van der Waals surface area (Å²) in [7, 11) is 0. The van der Waals surface area contributed by atoms with E-state index < -0.39 is 16.6 Å². The van der Waals surface area contributed by atoms with Crippen LogP contribution in [0.15, 0.2) is 36.4 Å². The van der Waals surface area contributed by atoms with Crippen LogP contribution in [-0.4, -0.2) is 23.9 Å². The molecule has 7 heteroatoms. The predicted molar refractivity (Wildman–Crippen MR) is 91.0 cm³/mol. The number of aryl methyl sites for hydroxylation is 1. The SMILES string of the molecule is Cc1cc(F)cc(C(=O)NCC2NCCc3ccccc32)c1[N+](=O)[O-]. The van der Waals surface area contributed by atoms with Gasteiger partial charge in [-0.3, -0.25) is 14.9 Å². The Hall–Kier alpha value is -2.80. The van der Waals surface area contributed by atoms with E-state index in [-0.39, 0.29) is 29.4 Å². The van der Waals surface area contributed by atoms with Crippen molar-refractivity contribution in [3.63, 3.8) is 0 Å². The molecule has 130 valence electrons. The molecule has 1 heterocycles. The molecule has 25 heavy (non-hydrogen) atoms. The molecule has 1 aliphatic heterocycles. The standard InChI is InChI=1S/C18H18FN3O3/c1-11-8-13(19)9-15(17(11)22(24)25)18(23)21-10-16-14-5-3-2-4-12(14)6-7-20-16/h2-5,8-9,16,20H,6-7,10H2,1H3,(H,21,23). The lowest BCUT2D eigenvalue weighted by Crippen LogP contribution is -2.39. The van der Waals surface area contributed by atoms with Gasteiger partial charge >= 0.3 is 0 Å². The van der Waals surface area contributed by atoms with Crippen LogP contribution in [0.25, 0.3) is 0 Å². The number of halogens is 1. The number of carbonyl (C=O) groups excluding carboxylic acids is 1. The van der Waals surface area contributed by atoms with Gasteiger partial charge in [0.25, 0.3) is 11.6 Å². The maximum atomic E-state index is 13.6. The van der Waals surface area contributed by atoms with E-state index in [4.69, 9.17) is 0 Å². The van der Waals surface area contributed by atoms with Crippen LogP contribution < -0.4 is 10.6 Å². The Morgan fingerprint density at radius 2 is 2.16 bits per heavy atom. The maximum absolute atomic E-state index is 13.6. The molecule has 0 saturated carbocycles. The first-order valence-corrected chi connectivity index (χ1v) is 8.01. The number of fused-ring (bicyclic) bond motifs is 1. The van der Waals surface area contributed by atoms with Gasteiger partial charge < -0.3 is 10.6 Å². The van der Waals surface area contributed by atoms with Gasteiger partial charge in [0.2, 0.25) is 0 Å². The van der Waals surface area contributed by atoms with E-state index in [1.54, 1.807) is 0 Å². The average molecular weight is 343 g/mol. The zero-order chi connectivity index (χ0) is 18.0. The normalized spacial score (nSPS) is 16.2. The molecule has 1 unspecified atom stereocenters. The smallest absolute Gasteiger partial charge is 0.285 e. The first-order valence-electron chi connectivity index (χ1n) is 8.01. The van der Waals surface area contributed by atoms with Crippen molar-refractivity contribution in [2.75, 3.05) is 13.1 Å². The molecule has 0 aliphatic carbocycles. The van der Waals surface area contributed by atoms with Crippen LogP contribution in [0.1, 0.15) is 33.1 Å². The molecule has 1 amide bonds. The fourth-order valence-corrected chi connectivity index (χ4v) is 3.22. The Morgan fingerprint density at radius 3 is 2.92 bits per heavy atom. The van der Waals surface area contributed by atoms with Gasteiger partial charge in [0, 0.05) is 18.2 Å². The van der Waals surface area contributed by atoms with Crippen molar-refractivity contribution >= 4 is 11.6 Å². The van der Waals surface area contributed by atoms with Gasteiger partial charge in [-0.15, -0.1) is 0 Å². The second-order valence-corrected chi connectivity index (χ2v) is 6.04. The number of rotatable bonds is 4. The van der Waals surface area contributed by atoms with Crippen molar-refractivity contribution in [3.8, 4) is 0 Å². The Morgan fingerprint density at radius 1 is 1.40 bits per heavy atom. The summed E-state index contributed by atoms with van der Waals surface area (Å²) in [5.74, 6) is -1.33. The molecule has 2 N–H and O–H groups in total. The zero-order valence-corrected chi connectivity index (χ0v) is 13.7. The summed E-state index contributed by atoms with van der Waals surface area (Å²) in [6.45, 7) is 2.47. The third kappa shape index (κ3) is 3.51. The summed E-state index contributed by atoms with van der Waals surface area (Å²) in [5, 5.41) is 17.2. The largest absolute Gasteiger partial charge is 0.350 e. The lowest BCUT2D eigenvalue weighted by Gasteiger charge is -2.27. The summed E-state index contributed by atoms with van der Waals surface area (Å²) in [6.07, 6.45) is 0.912. The Labute approximate surface area is 144 Å². The minimum Gasteiger partial charge on any atom is -0.350 e. The number of nitrogens with zero attached hydrogens (tertiary/aromatic N) is 1. The number of carbonyl (C=O) groups is 1. The van der Waals surface area contributed by atoms with Gasteiger partial charge in [0.05, 0.1) is 4.92 Å². The third-order valence-corrected chi connectivity index (χ3v) is 4.37. The van der Waals surface area contributed by atoms with E-state index >= 15 is 0 Å². The molecular formula is C18H18FN3O3. The Kier molecular flexibility index (Phi) is 4.76. The highest BCUT2D eigenvalue weighted by molar-refractivity contribution is 5.98. The van der Waals surface area contributed by atoms with Gasteiger partial charge in [-0.25, -0.2) is 4.39 Å². The highest BCUT2D eigenvalue weighted by Crippen LogP contribution is 2.25. The first-order chi connectivity index (χ1) is 12.0. The van der Waals surface area contributed by atoms with E-state index in [1.807, 2.05) is 24.3 Å². The fraction of sp³-hybridized carbons (Fsp3) is 0.278. The molecular weight excluding hydrogens is 325 g/mol. The number of hydrogen-bond acceptors (Lipinski definition) is 4. The average Bonchev–Trinajstić information content (AvgIpc) is 2.58. The Balaban J connectivity index is 1.80. The summed E-state index contributed by atoms with van der Waals surface area (Å²) in [4.78, 5) is 23.0. The van der Waals surface area contributed by atoms with E-state index in [0.717, 1.165) is 30.7 Å². The van der Waals surface area contributed by atoms with Crippen molar-refractivity contribution in [2.24, 2.45) is 0 Å². The minimum atomic E-state index is -0.672. The van der Waals surface area contributed by atoms with Crippen molar-refractivity contribution in [2.45, 2.75) is 19.4 Å². The highest BCUT2D eigenvalue weighted by Gasteiger charge is 2.26. The molecule has 0 aromatic heterocycles. The van der Waals surface area contributed by atoms with Gasteiger partial charge in [-0.1, -0.05) is 24.3 Å². The molecule has 2 aromatic rings. The van der Waals surface area contributed by atoms with E-state index in [0.29, 0.717) is 0 Å². The summed E-state index contributed by atoms with van der Waals surface area (Å²) < 4.78 is 13.6. The molecule has 1 atom stereocenters. The van der Waals surface area contributed by atoms with E-state index in [9.17, 15) is 19.3 Å². The number of amides is 1. The summed E-state index contributed by atoms with van der Waals surface area (Å²) in [6, 6.07) is 9.82. The van der Waals surface area contributed by atoms with Gasteiger partial charge in [-0.05, 0) is 43.1 Å². The van der Waals surface area contributed by atoms with Crippen molar-refractivity contribution in [1.82, 2.24) is 10.6 Å². The third-order valence-electron chi connectivity index (χ3n) is 4.37. The highest BCUT2D eigenvalue weighted by atomic mass is 19.1. The van der Waals surface area contributed by atoms with Crippen molar-refractivity contribution in [1.29, 1.82) is 0 Å². The maximum Gasteiger partial charge on any atom is 0.285 e. The molecule has 0 saturated heterocycles. The van der Waals surface area contributed by atoms with Crippen LogP contribution in [0.5, 0.6) is 0 Å². The number of benzene rings is 2. The molecule has 0 spiro atoms. The van der Waals surface area contributed by atoms with Gasteiger partial charge in [0.15, 0.2) is 0 Å². The second kappa shape index (κ2) is 6.98. The van der Waals surface area contributed by atoms with Gasteiger partial charge in [0.1, 0.15) is 11.4 Å². The van der Waals surface area contributed by atoms with Gasteiger partial charge in [-0.2, -0.15) is 0 Å². The van der Waals surface area contributed by atoms with Crippen LogP contribution in [0.2, 0.25) is 0 Å². The summed E-state index contributed by atoms with van der Waals surface area (Å²) in [5.41, 5.74) is 1.81. The summed E-state index contributed by atoms with van der Waals surface area (Å²) >= 11 is 0. The Bertz CT molecular complexity index is 838. The minimum absolute atomic E-state index is 0.0809. The van der Waals surface area contributed by atoms with E-state index in [2.05, 4.69) is 10.6 Å². The number of nitrogens with one attached hydrogen (secondary N) is 2. The number of nitro benzene ring substituents is 1. The monoisotopic (exact) mass is 343 g/mol.